The van der Waals surface area contributed by atoms with Gasteiger partial charge in [0.1, 0.15) is 0 Å². The number of amides is 1. The largest absolute Gasteiger partial charge is 0.334 e. The Hall–Kier alpha value is -0.840. The fourth-order valence-corrected chi connectivity index (χ4v) is 2.93. The van der Waals surface area contributed by atoms with Crippen LogP contribution in [0.25, 0.3) is 0 Å². The molecule has 0 aliphatic carbocycles. The third kappa shape index (κ3) is 6.55. The zero-order valence-corrected chi connectivity index (χ0v) is 13.8. The molecular formula is C15H23ClN2OS. The van der Waals surface area contributed by atoms with E-state index >= 15 is 0 Å². The molecule has 0 saturated heterocycles. The summed E-state index contributed by atoms with van der Waals surface area (Å²) in [5.74, 6) is 0.167. The number of halogens is 1. The maximum Gasteiger partial charge on any atom is 0.223 e. The molecule has 0 radical (unpaired) electrons. The van der Waals surface area contributed by atoms with Gasteiger partial charge in [-0.25, -0.2) is 0 Å². The number of hydrogen-bond donors (Lipinski definition) is 1. The number of nitrogens with one attached hydrogen (secondary N) is 1. The first-order valence-corrected chi connectivity index (χ1v) is 8.08. The lowest BCUT2D eigenvalue weighted by Gasteiger charge is -2.20. The zero-order valence-electron chi connectivity index (χ0n) is 12.2. The average Bonchev–Trinajstić information content (AvgIpc) is 2.79. The molecule has 5 heteroatoms. The van der Waals surface area contributed by atoms with E-state index in [2.05, 4.69) is 25.7 Å². The van der Waals surface area contributed by atoms with Gasteiger partial charge in [-0.1, -0.05) is 31.5 Å². The minimum absolute atomic E-state index is 0.167. The van der Waals surface area contributed by atoms with Crippen molar-refractivity contribution in [2.24, 2.45) is 0 Å². The first-order chi connectivity index (χ1) is 9.52. The van der Waals surface area contributed by atoms with Crippen molar-refractivity contribution in [3.63, 3.8) is 0 Å². The van der Waals surface area contributed by atoms with Gasteiger partial charge >= 0.3 is 0 Å². The smallest absolute Gasteiger partial charge is 0.223 e. The molecule has 0 aromatic carbocycles. The highest BCUT2D eigenvalue weighted by Gasteiger charge is 2.13. The second kappa shape index (κ2) is 9.16. The molecular weight excluding hydrogens is 292 g/mol. The van der Waals surface area contributed by atoms with Gasteiger partial charge in [0.15, 0.2) is 0 Å². The number of rotatable bonds is 9. The summed E-state index contributed by atoms with van der Waals surface area (Å²) >= 11 is 7.44. The van der Waals surface area contributed by atoms with E-state index in [9.17, 15) is 4.79 Å². The molecule has 112 valence electrons. The maximum absolute atomic E-state index is 12.2. The molecule has 0 unspecified atom stereocenters. The molecule has 0 spiro atoms. The molecule has 1 N–H and O–H groups in total. The van der Waals surface area contributed by atoms with Crippen LogP contribution in [0.3, 0.4) is 0 Å². The van der Waals surface area contributed by atoms with Crippen molar-refractivity contribution in [1.29, 1.82) is 0 Å². The lowest BCUT2D eigenvalue weighted by atomic mass is 10.2. The van der Waals surface area contributed by atoms with E-state index in [1.807, 2.05) is 17.0 Å². The number of hydrogen-bond acceptors (Lipinski definition) is 3. The SMILES string of the molecule is C=CCN(Cc1ccc(Cl)s1)C(=O)CCCNC(C)C. The van der Waals surface area contributed by atoms with E-state index in [0.29, 0.717) is 25.6 Å². The topological polar surface area (TPSA) is 32.3 Å². The van der Waals surface area contributed by atoms with Gasteiger partial charge in [-0.3, -0.25) is 4.79 Å². The van der Waals surface area contributed by atoms with Gasteiger partial charge in [0.2, 0.25) is 5.91 Å². The van der Waals surface area contributed by atoms with Crippen molar-refractivity contribution in [3.05, 3.63) is 34.0 Å². The normalized spacial score (nSPS) is 10.8. The van der Waals surface area contributed by atoms with Gasteiger partial charge in [0.25, 0.3) is 0 Å². The predicted molar refractivity (Wildman–Crippen MR) is 87.3 cm³/mol. The van der Waals surface area contributed by atoms with E-state index in [0.717, 1.165) is 22.2 Å². The minimum Gasteiger partial charge on any atom is -0.334 e. The number of nitrogens with zero attached hydrogens (tertiary/aromatic N) is 1. The fraction of sp³-hybridized carbons (Fsp3) is 0.533. The summed E-state index contributed by atoms with van der Waals surface area (Å²) in [4.78, 5) is 15.1. The van der Waals surface area contributed by atoms with Crippen molar-refractivity contribution in [3.8, 4) is 0 Å². The van der Waals surface area contributed by atoms with Crippen LogP contribution in [0.1, 0.15) is 31.6 Å². The molecule has 0 saturated carbocycles. The van der Waals surface area contributed by atoms with Crippen LogP contribution in [-0.4, -0.2) is 29.9 Å². The van der Waals surface area contributed by atoms with Crippen LogP contribution < -0.4 is 5.32 Å². The van der Waals surface area contributed by atoms with Gasteiger partial charge in [0.05, 0.1) is 10.9 Å². The molecule has 20 heavy (non-hydrogen) atoms. The lowest BCUT2D eigenvalue weighted by molar-refractivity contribution is -0.131. The number of carbonyl (C=O) groups is 1. The summed E-state index contributed by atoms with van der Waals surface area (Å²) < 4.78 is 0.757. The second-order valence-electron chi connectivity index (χ2n) is 4.98. The van der Waals surface area contributed by atoms with Crippen molar-refractivity contribution in [1.82, 2.24) is 10.2 Å². The van der Waals surface area contributed by atoms with E-state index in [1.54, 1.807) is 6.08 Å². The fourth-order valence-electron chi connectivity index (χ4n) is 1.82. The van der Waals surface area contributed by atoms with Gasteiger partial charge in [-0.05, 0) is 25.1 Å². The molecule has 0 aliphatic rings. The standard InChI is InChI=1S/C15H23ClN2OS/c1-4-10-18(11-13-7-8-14(16)20-13)15(19)6-5-9-17-12(2)3/h4,7-8,12,17H,1,5-6,9-11H2,2-3H3. The van der Waals surface area contributed by atoms with Crippen LogP contribution in [0.2, 0.25) is 4.34 Å². The van der Waals surface area contributed by atoms with E-state index in [-0.39, 0.29) is 5.91 Å². The van der Waals surface area contributed by atoms with Gasteiger partial charge in [-0.2, -0.15) is 0 Å². The first kappa shape index (κ1) is 17.2. The summed E-state index contributed by atoms with van der Waals surface area (Å²) in [5.41, 5.74) is 0. The quantitative estimate of drug-likeness (QED) is 0.557. The van der Waals surface area contributed by atoms with Crippen molar-refractivity contribution in [2.75, 3.05) is 13.1 Å². The molecule has 0 fully saturated rings. The molecule has 1 heterocycles. The highest BCUT2D eigenvalue weighted by atomic mass is 35.5. The Balaban J connectivity index is 2.43. The van der Waals surface area contributed by atoms with Crippen LogP contribution in [0.5, 0.6) is 0 Å². The molecule has 3 nitrogen and oxygen atoms in total. The Morgan fingerprint density at radius 2 is 2.30 bits per heavy atom. The number of thiophene rings is 1. The van der Waals surface area contributed by atoms with Gasteiger partial charge < -0.3 is 10.2 Å². The third-order valence-electron chi connectivity index (χ3n) is 2.80. The molecule has 1 amide bonds. The molecule has 1 rings (SSSR count). The van der Waals surface area contributed by atoms with Crippen LogP contribution in [-0.2, 0) is 11.3 Å². The van der Waals surface area contributed by atoms with Gasteiger partial charge in [0, 0.05) is 23.9 Å². The van der Waals surface area contributed by atoms with Crippen molar-refractivity contribution in [2.45, 2.75) is 39.3 Å². The predicted octanol–water partition coefficient (Wildman–Crippen LogP) is 3.69. The van der Waals surface area contributed by atoms with Crippen molar-refractivity contribution < 1.29 is 4.79 Å². The van der Waals surface area contributed by atoms with Gasteiger partial charge in [-0.15, -0.1) is 17.9 Å². The second-order valence-corrected chi connectivity index (χ2v) is 6.78. The minimum atomic E-state index is 0.167. The van der Waals surface area contributed by atoms with E-state index in [4.69, 9.17) is 11.6 Å². The Kier molecular flexibility index (Phi) is 7.88. The highest BCUT2D eigenvalue weighted by Crippen LogP contribution is 2.23. The summed E-state index contributed by atoms with van der Waals surface area (Å²) in [5, 5.41) is 3.32. The first-order valence-electron chi connectivity index (χ1n) is 6.89. The monoisotopic (exact) mass is 314 g/mol. The Morgan fingerprint density at radius 1 is 1.55 bits per heavy atom. The Bertz CT molecular complexity index is 431. The highest BCUT2D eigenvalue weighted by molar-refractivity contribution is 7.16. The summed E-state index contributed by atoms with van der Waals surface area (Å²) in [6.45, 7) is 9.99. The van der Waals surface area contributed by atoms with Crippen LogP contribution in [0, 0.1) is 0 Å². The summed E-state index contributed by atoms with van der Waals surface area (Å²) in [6, 6.07) is 4.30. The van der Waals surface area contributed by atoms with E-state index in [1.165, 1.54) is 11.3 Å². The lowest BCUT2D eigenvalue weighted by Crippen LogP contribution is -2.31. The zero-order chi connectivity index (χ0) is 15.0. The summed E-state index contributed by atoms with van der Waals surface area (Å²) in [6.07, 6.45) is 3.18. The van der Waals surface area contributed by atoms with Crippen molar-refractivity contribution >= 4 is 28.8 Å². The molecule has 0 atom stereocenters. The Morgan fingerprint density at radius 3 is 2.85 bits per heavy atom. The molecule has 1 aromatic heterocycles. The maximum atomic E-state index is 12.2. The third-order valence-corrected chi connectivity index (χ3v) is 4.01. The van der Waals surface area contributed by atoms with E-state index < -0.39 is 0 Å². The van der Waals surface area contributed by atoms with Crippen LogP contribution in [0.4, 0.5) is 0 Å². The summed E-state index contributed by atoms with van der Waals surface area (Å²) in [7, 11) is 0. The number of carbonyl (C=O) groups excluding carboxylic acids is 1. The van der Waals surface area contributed by atoms with Crippen LogP contribution >= 0.6 is 22.9 Å². The molecule has 1 aromatic rings. The Labute approximate surface area is 130 Å². The van der Waals surface area contributed by atoms with Crippen LogP contribution in [0.15, 0.2) is 24.8 Å². The average molecular weight is 315 g/mol. The molecule has 0 aliphatic heterocycles. The molecule has 0 bridgehead atoms.